The number of carbonyl (C=O) groups is 2. The summed E-state index contributed by atoms with van der Waals surface area (Å²) in [6.07, 6.45) is 3.57. The van der Waals surface area contributed by atoms with Crippen molar-refractivity contribution in [2.45, 2.75) is 6.92 Å². The summed E-state index contributed by atoms with van der Waals surface area (Å²) in [5.74, 6) is 0.434. The molecule has 1 fully saturated rings. The lowest BCUT2D eigenvalue weighted by Gasteiger charge is -2.32. The number of rotatable bonds is 4. The lowest BCUT2D eigenvalue weighted by molar-refractivity contribution is -0.149. The van der Waals surface area contributed by atoms with Gasteiger partial charge in [-0.2, -0.15) is 0 Å². The van der Waals surface area contributed by atoms with Crippen LogP contribution in [0.3, 0.4) is 0 Å². The van der Waals surface area contributed by atoms with Crippen molar-refractivity contribution >= 4 is 23.4 Å². The number of nitrogens with zero attached hydrogens (tertiary/aromatic N) is 2. The van der Waals surface area contributed by atoms with E-state index in [4.69, 9.17) is 11.6 Å². The van der Waals surface area contributed by atoms with Gasteiger partial charge in [0.05, 0.1) is 6.54 Å². The Morgan fingerprint density at radius 3 is 2.40 bits per heavy atom. The first-order chi connectivity index (χ1) is 7.19. The number of halogens is 1. The molecule has 0 N–H and O–H groups in total. The van der Waals surface area contributed by atoms with Crippen LogP contribution in [-0.4, -0.2) is 53.7 Å². The number of hydrogen-bond acceptors (Lipinski definition) is 2. The minimum atomic E-state index is -0.00401. The maximum absolute atomic E-state index is 11.6. The molecule has 15 heavy (non-hydrogen) atoms. The zero-order valence-electron chi connectivity index (χ0n) is 8.78. The third-order valence-corrected chi connectivity index (χ3v) is 2.50. The van der Waals surface area contributed by atoms with Crippen molar-refractivity contribution < 1.29 is 9.59 Å². The molecule has 0 bridgehead atoms. The Morgan fingerprint density at radius 2 is 1.80 bits per heavy atom. The van der Waals surface area contributed by atoms with Crippen molar-refractivity contribution in [1.82, 2.24) is 9.80 Å². The smallest absolute Gasteiger partial charge is 0.242 e. The molecule has 1 aliphatic heterocycles. The van der Waals surface area contributed by atoms with Gasteiger partial charge < -0.3 is 9.80 Å². The minimum absolute atomic E-state index is 0.00401. The van der Waals surface area contributed by atoms with E-state index in [1.165, 1.54) is 4.90 Å². The standard InChI is InChI=1S/C10H15ClN2O2/c1-2-12-7-10(15)13(8-9(12)14)6-4-3-5-11/h3-4H,2,5-8H2,1H3. The van der Waals surface area contributed by atoms with Crippen LogP contribution in [0.2, 0.25) is 0 Å². The van der Waals surface area contributed by atoms with Gasteiger partial charge in [-0.25, -0.2) is 0 Å². The molecule has 0 unspecified atom stereocenters. The van der Waals surface area contributed by atoms with Crippen LogP contribution in [0.15, 0.2) is 12.2 Å². The summed E-state index contributed by atoms with van der Waals surface area (Å²) in [4.78, 5) is 26.2. The number of amides is 2. The highest BCUT2D eigenvalue weighted by Gasteiger charge is 2.27. The van der Waals surface area contributed by atoms with Crippen molar-refractivity contribution in [3.05, 3.63) is 12.2 Å². The number of allylic oxidation sites excluding steroid dienone is 1. The SMILES string of the molecule is CCN1CC(=O)N(CC=CCCl)CC1=O. The summed E-state index contributed by atoms with van der Waals surface area (Å²) in [6.45, 7) is 3.31. The molecule has 0 aromatic heterocycles. The largest absolute Gasteiger partial charge is 0.332 e. The molecule has 1 aliphatic rings. The van der Waals surface area contributed by atoms with E-state index in [9.17, 15) is 9.59 Å². The van der Waals surface area contributed by atoms with Crippen LogP contribution in [0.1, 0.15) is 6.92 Å². The Kier molecular flexibility index (Phi) is 4.62. The number of alkyl halides is 1. The van der Waals surface area contributed by atoms with Crippen LogP contribution >= 0.6 is 11.6 Å². The summed E-state index contributed by atoms with van der Waals surface area (Å²) >= 11 is 5.46. The molecule has 4 nitrogen and oxygen atoms in total. The van der Waals surface area contributed by atoms with Crippen molar-refractivity contribution in [2.75, 3.05) is 32.1 Å². The van der Waals surface area contributed by atoms with Crippen LogP contribution in [0.5, 0.6) is 0 Å². The third-order valence-electron chi connectivity index (χ3n) is 2.32. The van der Waals surface area contributed by atoms with Gasteiger partial charge in [-0.1, -0.05) is 12.2 Å². The zero-order valence-corrected chi connectivity index (χ0v) is 9.54. The van der Waals surface area contributed by atoms with Crippen molar-refractivity contribution in [1.29, 1.82) is 0 Å². The highest BCUT2D eigenvalue weighted by atomic mass is 35.5. The van der Waals surface area contributed by atoms with Gasteiger partial charge in [0.15, 0.2) is 0 Å². The average Bonchev–Trinajstić information content (AvgIpc) is 2.23. The van der Waals surface area contributed by atoms with Crippen LogP contribution < -0.4 is 0 Å². The molecule has 1 saturated heterocycles. The van der Waals surface area contributed by atoms with E-state index >= 15 is 0 Å². The molecule has 0 spiro atoms. The molecule has 1 heterocycles. The maximum atomic E-state index is 11.6. The first-order valence-electron chi connectivity index (χ1n) is 4.95. The third kappa shape index (κ3) is 3.23. The second kappa shape index (κ2) is 5.75. The molecule has 84 valence electrons. The maximum Gasteiger partial charge on any atom is 0.242 e. The normalized spacial score (nSPS) is 18.0. The predicted octanol–water partition coefficient (Wildman–Crippen LogP) is 0.472. The van der Waals surface area contributed by atoms with Gasteiger partial charge in [0.25, 0.3) is 0 Å². The molecule has 0 aliphatic carbocycles. The predicted molar refractivity (Wildman–Crippen MR) is 58.7 cm³/mol. The molecule has 1 rings (SSSR count). The summed E-state index contributed by atoms with van der Waals surface area (Å²) in [5, 5.41) is 0. The Hall–Kier alpha value is -1.03. The van der Waals surface area contributed by atoms with E-state index < -0.39 is 0 Å². The van der Waals surface area contributed by atoms with E-state index in [-0.39, 0.29) is 24.9 Å². The van der Waals surface area contributed by atoms with Gasteiger partial charge in [-0.3, -0.25) is 9.59 Å². The van der Waals surface area contributed by atoms with Gasteiger partial charge in [0.1, 0.15) is 6.54 Å². The Bertz CT molecular complexity index is 279. The highest BCUT2D eigenvalue weighted by Crippen LogP contribution is 2.04. The van der Waals surface area contributed by atoms with Crippen LogP contribution in [-0.2, 0) is 9.59 Å². The molecule has 0 aromatic carbocycles. The lowest BCUT2D eigenvalue weighted by Crippen LogP contribution is -2.53. The summed E-state index contributed by atoms with van der Waals surface area (Å²) in [5.41, 5.74) is 0. The quantitative estimate of drug-likeness (QED) is 0.521. The van der Waals surface area contributed by atoms with E-state index in [0.717, 1.165) is 0 Å². The second-order valence-electron chi connectivity index (χ2n) is 3.31. The lowest BCUT2D eigenvalue weighted by atomic mass is 10.3. The topological polar surface area (TPSA) is 40.6 Å². The van der Waals surface area contributed by atoms with Gasteiger partial charge in [0, 0.05) is 19.0 Å². The van der Waals surface area contributed by atoms with E-state index in [2.05, 4.69) is 0 Å². The minimum Gasteiger partial charge on any atom is -0.332 e. The summed E-state index contributed by atoms with van der Waals surface area (Å²) < 4.78 is 0. The van der Waals surface area contributed by atoms with Crippen LogP contribution in [0, 0.1) is 0 Å². The Morgan fingerprint density at radius 1 is 1.20 bits per heavy atom. The fraction of sp³-hybridized carbons (Fsp3) is 0.600. The first-order valence-corrected chi connectivity index (χ1v) is 5.49. The number of hydrogen-bond donors (Lipinski definition) is 0. The van der Waals surface area contributed by atoms with Gasteiger partial charge >= 0.3 is 0 Å². The fourth-order valence-corrected chi connectivity index (χ4v) is 1.55. The van der Waals surface area contributed by atoms with Crippen LogP contribution in [0.25, 0.3) is 0 Å². The summed E-state index contributed by atoms with van der Waals surface area (Å²) in [7, 11) is 0. The molecule has 0 radical (unpaired) electrons. The van der Waals surface area contributed by atoms with E-state index in [1.807, 2.05) is 6.92 Å². The zero-order chi connectivity index (χ0) is 11.3. The van der Waals surface area contributed by atoms with Gasteiger partial charge in [0.2, 0.25) is 11.8 Å². The molecule has 5 heteroatoms. The van der Waals surface area contributed by atoms with Crippen molar-refractivity contribution in [3.8, 4) is 0 Å². The number of likely N-dealkylation sites (N-methyl/N-ethyl adjacent to an activating group) is 1. The monoisotopic (exact) mass is 230 g/mol. The van der Waals surface area contributed by atoms with Crippen molar-refractivity contribution in [2.24, 2.45) is 0 Å². The molecular weight excluding hydrogens is 216 g/mol. The molecule has 0 aromatic rings. The fourth-order valence-electron chi connectivity index (χ4n) is 1.42. The van der Waals surface area contributed by atoms with E-state index in [1.54, 1.807) is 17.1 Å². The number of carbonyl (C=O) groups excluding carboxylic acids is 2. The highest BCUT2D eigenvalue weighted by molar-refractivity contribution is 6.18. The van der Waals surface area contributed by atoms with Crippen molar-refractivity contribution in [3.63, 3.8) is 0 Å². The van der Waals surface area contributed by atoms with Gasteiger partial charge in [-0.15, -0.1) is 11.6 Å². The molecule has 0 atom stereocenters. The Labute approximate surface area is 94.5 Å². The molecular formula is C10H15ClN2O2. The molecule has 0 saturated carbocycles. The number of piperazine rings is 1. The molecule has 2 amide bonds. The second-order valence-corrected chi connectivity index (χ2v) is 3.62. The van der Waals surface area contributed by atoms with Gasteiger partial charge in [-0.05, 0) is 6.92 Å². The average molecular weight is 231 g/mol. The Balaban J connectivity index is 2.51. The first kappa shape index (κ1) is 12.0. The van der Waals surface area contributed by atoms with Crippen LogP contribution in [0.4, 0.5) is 0 Å². The van der Waals surface area contributed by atoms with E-state index in [0.29, 0.717) is 19.0 Å². The summed E-state index contributed by atoms with van der Waals surface area (Å²) in [6, 6.07) is 0.